The molecule has 0 fully saturated rings. The summed E-state index contributed by atoms with van der Waals surface area (Å²) in [5, 5.41) is 2.55. The largest absolute Gasteiger partial charge is 0.412 e. The highest BCUT2D eigenvalue weighted by Gasteiger charge is 2.03. The third-order valence-corrected chi connectivity index (χ3v) is 2.02. The zero-order valence-electron chi connectivity index (χ0n) is 9.02. The van der Waals surface area contributed by atoms with Crippen molar-refractivity contribution in [3.05, 3.63) is 11.6 Å². The maximum atomic E-state index is 11.2. The molecular weight excluding hydrogens is 362 g/mol. The lowest BCUT2D eigenvalue weighted by Crippen LogP contribution is -2.29. The number of aromatic nitrogens is 1. The molecule has 0 atom stereocenters. The van der Waals surface area contributed by atoms with Crippen molar-refractivity contribution in [1.82, 2.24) is 10.4 Å². The van der Waals surface area contributed by atoms with Crippen molar-refractivity contribution >= 4 is 56.3 Å². The number of carbonyl (C=O) groups excluding carboxylic acids is 1. The SMILES string of the molecule is Br.Br.CC(C)CC(=O)NNc1nccs1.O. The summed E-state index contributed by atoms with van der Waals surface area (Å²) in [4.78, 5) is 15.1. The third-order valence-electron chi connectivity index (χ3n) is 1.33. The number of carbonyl (C=O) groups is 1. The zero-order valence-corrected chi connectivity index (χ0v) is 13.3. The van der Waals surface area contributed by atoms with E-state index >= 15 is 0 Å². The average molecular weight is 379 g/mol. The van der Waals surface area contributed by atoms with Crippen molar-refractivity contribution in [2.45, 2.75) is 20.3 Å². The fraction of sp³-hybridized carbons (Fsp3) is 0.500. The Morgan fingerprint density at radius 2 is 2.12 bits per heavy atom. The van der Waals surface area contributed by atoms with E-state index in [0.29, 0.717) is 17.5 Å². The highest BCUT2D eigenvalue weighted by molar-refractivity contribution is 8.93. The standard InChI is InChI=1S/C8H13N3OS.2BrH.H2O/c1-6(2)5-7(12)10-11-8-9-3-4-13-8;;;/h3-4,6H,5H2,1-2H3,(H,9,11)(H,10,12);2*1H;1H2. The molecule has 0 aliphatic carbocycles. The van der Waals surface area contributed by atoms with Gasteiger partial charge in [-0.3, -0.25) is 15.6 Å². The molecule has 0 radical (unpaired) electrons. The van der Waals surface area contributed by atoms with Crippen LogP contribution in [0.2, 0.25) is 0 Å². The van der Waals surface area contributed by atoms with Crippen LogP contribution in [0.4, 0.5) is 5.13 Å². The van der Waals surface area contributed by atoms with Gasteiger partial charge in [0.05, 0.1) is 0 Å². The number of halogens is 2. The Hall–Kier alpha value is -0.180. The Balaban J connectivity index is -0.000000563. The van der Waals surface area contributed by atoms with E-state index in [1.54, 1.807) is 6.20 Å². The summed E-state index contributed by atoms with van der Waals surface area (Å²) in [7, 11) is 0. The van der Waals surface area contributed by atoms with Crippen molar-refractivity contribution in [1.29, 1.82) is 0 Å². The van der Waals surface area contributed by atoms with E-state index in [0.717, 1.165) is 0 Å². The van der Waals surface area contributed by atoms with Crippen LogP contribution in [0.5, 0.6) is 0 Å². The van der Waals surface area contributed by atoms with E-state index in [4.69, 9.17) is 0 Å². The Labute approximate surface area is 120 Å². The lowest BCUT2D eigenvalue weighted by Gasteiger charge is -2.06. The summed E-state index contributed by atoms with van der Waals surface area (Å²) in [5.41, 5.74) is 5.31. The highest BCUT2D eigenvalue weighted by Crippen LogP contribution is 2.08. The molecule has 0 saturated carbocycles. The molecule has 1 amide bonds. The summed E-state index contributed by atoms with van der Waals surface area (Å²) < 4.78 is 0. The summed E-state index contributed by atoms with van der Waals surface area (Å²) in [6.45, 7) is 4.01. The first-order chi connectivity index (χ1) is 6.18. The first-order valence-electron chi connectivity index (χ1n) is 4.13. The summed E-state index contributed by atoms with van der Waals surface area (Å²) in [5.74, 6) is 0.364. The number of thiazole rings is 1. The fourth-order valence-electron chi connectivity index (χ4n) is 0.830. The lowest BCUT2D eigenvalue weighted by atomic mass is 10.1. The number of nitrogens with zero attached hydrogens (tertiary/aromatic N) is 1. The van der Waals surface area contributed by atoms with Gasteiger partial charge in [-0.1, -0.05) is 13.8 Å². The molecule has 0 bridgehead atoms. The van der Waals surface area contributed by atoms with E-state index < -0.39 is 0 Å². The van der Waals surface area contributed by atoms with Gasteiger partial charge >= 0.3 is 0 Å². The van der Waals surface area contributed by atoms with Crippen molar-refractivity contribution in [2.24, 2.45) is 5.92 Å². The van der Waals surface area contributed by atoms with Crippen LogP contribution in [0.15, 0.2) is 11.6 Å². The fourth-order valence-corrected chi connectivity index (χ4v) is 1.31. The molecule has 96 valence electrons. The molecule has 5 nitrogen and oxygen atoms in total. The number of rotatable bonds is 4. The second kappa shape index (κ2) is 11.3. The second-order valence-corrected chi connectivity index (χ2v) is 4.00. The highest BCUT2D eigenvalue weighted by atomic mass is 79.9. The first-order valence-corrected chi connectivity index (χ1v) is 5.01. The Morgan fingerprint density at radius 3 is 2.56 bits per heavy atom. The normalized spacial score (nSPS) is 8.19. The minimum atomic E-state index is -0.00907. The van der Waals surface area contributed by atoms with Gasteiger partial charge in [0, 0.05) is 18.0 Å². The van der Waals surface area contributed by atoms with Gasteiger partial charge in [-0.2, -0.15) is 0 Å². The van der Waals surface area contributed by atoms with Crippen LogP contribution in [-0.4, -0.2) is 16.4 Å². The molecule has 0 spiro atoms. The maximum Gasteiger partial charge on any atom is 0.238 e. The molecule has 1 aromatic rings. The average Bonchev–Trinajstić information content (AvgIpc) is 2.51. The van der Waals surface area contributed by atoms with Gasteiger partial charge in [-0.15, -0.1) is 45.3 Å². The summed E-state index contributed by atoms with van der Waals surface area (Å²) in [6.07, 6.45) is 2.21. The molecule has 1 aromatic heterocycles. The van der Waals surface area contributed by atoms with Crippen LogP contribution in [0.3, 0.4) is 0 Å². The molecular formula is C8H17Br2N3O2S. The van der Waals surface area contributed by atoms with Crippen molar-refractivity contribution in [2.75, 3.05) is 5.43 Å². The predicted molar refractivity (Wildman–Crippen MR) is 77.6 cm³/mol. The number of hydrazine groups is 1. The molecule has 0 aliphatic rings. The van der Waals surface area contributed by atoms with E-state index in [9.17, 15) is 4.79 Å². The van der Waals surface area contributed by atoms with Gasteiger partial charge in [0.15, 0.2) is 0 Å². The quantitative estimate of drug-likeness (QED) is 0.785. The van der Waals surface area contributed by atoms with E-state index in [-0.39, 0.29) is 45.3 Å². The number of hydrogen-bond donors (Lipinski definition) is 2. The van der Waals surface area contributed by atoms with E-state index in [2.05, 4.69) is 15.8 Å². The minimum Gasteiger partial charge on any atom is -0.412 e. The molecule has 0 saturated heterocycles. The van der Waals surface area contributed by atoms with Gasteiger partial charge in [0.2, 0.25) is 11.0 Å². The molecule has 0 aromatic carbocycles. The summed E-state index contributed by atoms with van der Waals surface area (Å²) in [6, 6.07) is 0. The van der Waals surface area contributed by atoms with Crippen molar-refractivity contribution < 1.29 is 10.3 Å². The predicted octanol–water partition coefficient (Wildman–Crippen LogP) is 1.96. The van der Waals surface area contributed by atoms with Crippen LogP contribution < -0.4 is 10.9 Å². The number of anilines is 1. The van der Waals surface area contributed by atoms with Crippen LogP contribution in [0.25, 0.3) is 0 Å². The number of amides is 1. The molecule has 0 unspecified atom stereocenters. The van der Waals surface area contributed by atoms with Gasteiger partial charge in [-0.05, 0) is 5.92 Å². The van der Waals surface area contributed by atoms with Crippen LogP contribution >= 0.6 is 45.3 Å². The van der Waals surface area contributed by atoms with Crippen LogP contribution in [0.1, 0.15) is 20.3 Å². The first kappa shape index (κ1) is 21.1. The molecule has 8 heteroatoms. The Morgan fingerprint density at radius 1 is 1.50 bits per heavy atom. The smallest absolute Gasteiger partial charge is 0.238 e. The monoisotopic (exact) mass is 377 g/mol. The van der Waals surface area contributed by atoms with E-state index in [1.165, 1.54) is 11.3 Å². The van der Waals surface area contributed by atoms with E-state index in [1.807, 2.05) is 19.2 Å². The van der Waals surface area contributed by atoms with Gasteiger partial charge in [-0.25, -0.2) is 4.98 Å². The molecule has 0 aliphatic heterocycles. The molecule has 1 heterocycles. The molecule has 1 rings (SSSR count). The van der Waals surface area contributed by atoms with Gasteiger partial charge in [0.25, 0.3) is 0 Å². The van der Waals surface area contributed by atoms with Gasteiger partial charge < -0.3 is 5.48 Å². The Bertz CT molecular complexity index is 270. The Kier molecular flexibility index (Phi) is 14.9. The topological polar surface area (TPSA) is 85.5 Å². The second-order valence-electron chi connectivity index (χ2n) is 3.11. The minimum absolute atomic E-state index is 0. The number of hydrogen-bond acceptors (Lipinski definition) is 4. The molecule has 16 heavy (non-hydrogen) atoms. The lowest BCUT2D eigenvalue weighted by molar-refractivity contribution is -0.121. The van der Waals surface area contributed by atoms with Crippen LogP contribution in [-0.2, 0) is 4.79 Å². The maximum absolute atomic E-state index is 11.2. The summed E-state index contributed by atoms with van der Waals surface area (Å²) >= 11 is 1.45. The van der Waals surface area contributed by atoms with Crippen LogP contribution in [0, 0.1) is 5.92 Å². The van der Waals surface area contributed by atoms with Gasteiger partial charge in [0.1, 0.15) is 0 Å². The van der Waals surface area contributed by atoms with Crippen molar-refractivity contribution in [3.8, 4) is 0 Å². The van der Waals surface area contributed by atoms with Crippen molar-refractivity contribution in [3.63, 3.8) is 0 Å². The third kappa shape index (κ3) is 9.08. The zero-order chi connectivity index (χ0) is 9.68. The molecule has 4 N–H and O–H groups in total. The number of nitrogens with one attached hydrogen (secondary N) is 2.